The molecule has 1 aromatic carbocycles. The Balaban J connectivity index is 0.00000576. The fraction of sp³-hybridized carbons (Fsp3) is 0.500. The summed E-state index contributed by atoms with van der Waals surface area (Å²) >= 11 is 0. The van der Waals surface area contributed by atoms with Gasteiger partial charge < -0.3 is 15.4 Å². The van der Waals surface area contributed by atoms with Crippen LogP contribution in [0.25, 0.3) is 0 Å². The Bertz CT molecular complexity index is 531. The summed E-state index contributed by atoms with van der Waals surface area (Å²) in [6, 6.07) is 5.84. The number of rotatable bonds is 6. The molecule has 11 heteroatoms. The van der Waals surface area contributed by atoms with E-state index in [1.54, 1.807) is 12.1 Å². The summed E-state index contributed by atoms with van der Waals surface area (Å²) in [6.07, 6.45) is -9.65. The smallest absolute Gasteiger partial charge is 0.422 e. The van der Waals surface area contributed by atoms with Gasteiger partial charge in [-0.3, -0.25) is 4.99 Å². The Morgan fingerprint density at radius 3 is 2.08 bits per heavy atom. The van der Waals surface area contributed by atoms with Gasteiger partial charge >= 0.3 is 12.4 Å². The van der Waals surface area contributed by atoms with Crippen molar-refractivity contribution in [2.75, 3.05) is 20.2 Å². The van der Waals surface area contributed by atoms with Gasteiger partial charge in [0, 0.05) is 20.1 Å². The first-order valence-corrected chi connectivity index (χ1v) is 6.89. The summed E-state index contributed by atoms with van der Waals surface area (Å²) in [5.74, 6) is 0.264. The highest BCUT2D eigenvalue weighted by Gasteiger charge is 2.28. The molecular formula is C14H18F6IN3O. The molecule has 0 bridgehead atoms. The van der Waals surface area contributed by atoms with Gasteiger partial charge in [0.2, 0.25) is 0 Å². The second-order valence-electron chi connectivity index (χ2n) is 4.77. The van der Waals surface area contributed by atoms with Crippen molar-refractivity contribution in [1.29, 1.82) is 0 Å². The van der Waals surface area contributed by atoms with Gasteiger partial charge in [-0.2, -0.15) is 26.3 Å². The lowest BCUT2D eigenvalue weighted by atomic mass is 10.2. The molecule has 1 aromatic rings. The number of halogens is 7. The fourth-order valence-corrected chi connectivity index (χ4v) is 1.60. The maximum atomic E-state index is 12.1. The SMILES string of the molecule is CN=C(NCCC(F)(F)F)NCc1ccc(OCC(F)(F)F)cc1.I. The average Bonchev–Trinajstić information content (AvgIpc) is 2.48. The first-order valence-electron chi connectivity index (χ1n) is 6.89. The molecule has 0 radical (unpaired) electrons. The van der Waals surface area contributed by atoms with Gasteiger partial charge in [-0.05, 0) is 17.7 Å². The lowest BCUT2D eigenvalue weighted by molar-refractivity contribution is -0.153. The second kappa shape index (κ2) is 10.6. The molecular weight excluding hydrogens is 467 g/mol. The highest BCUT2D eigenvalue weighted by atomic mass is 127. The third-order valence-corrected chi connectivity index (χ3v) is 2.71. The van der Waals surface area contributed by atoms with E-state index < -0.39 is 25.4 Å². The predicted octanol–water partition coefficient (Wildman–Crippen LogP) is 3.86. The van der Waals surface area contributed by atoms with Crippen LogP contribution in [0.4, 0.5) is 26.3 Å². The van der Waals surface area contributed by atoms with Crippen molar-refractivity contribution in [2.24, 2.45) is 4.99 Å². The Morgan fingerprint density at radius 2 is 1.60 bits per heavy atom. The molecule has 0 aliphatic rings. The molecule has 0 atom stereocenters. The van der Waals surface area contributed by atoms with Gasteiger partial charge in [0.15, 0.2) is 12.6 Å². The van der Waals surface area contributed by atoms with Crippen LogP contribution in [-0.4, -0.2) is 38.5 Å². The Labute approximate surface area is 158 Å². The molecule has 0 amide bonds. The van der Waals surface area contributed by atoms with Crippen molar-refractivity contribution >= 4 is 29.9 Å². The molecule has 0 fully saturated rings. The number of hydrogen-bond acceptors (Lipinski definition) is 2. The zero-order chi connectivity index (χ0) is 18.2. The van der Waals surface area contributed by atoms with Crippen LogP contribution in [0.3, 0.4) is 0 Å². The number of ether oxygens (including phenoxy) is 1. The van der Waals surface area contributed by atoms with E-state index >= 15 is 0 Å². The van der Waals surface area contributed by atoms with Crippen molar-refractivity contribution in [2.45, 2.75) is 25.3 Å². The van der Waals surface area contributed by atoms with Crippen LogP contribution < -0.4 is 15.4 Å². The molecule has 0 aromatic heterocycles. The van der Waals surface area contributed by atoms with Crippen molar-refractivity contribution in [3.8, 4) is 5.75 Å². The van der Waals surface area contributed by atoms with Gasteiger partial charge in [-0.15, -0.1) is 24.0 Å². The number of aliphatic imine (C=N–C) groups is 1. The minimum absolute atomic E-state index is 0. The Morgan fingerprint density at radius 1 is 1.00 bits per heavy atom. The number of nitrogens with zero attached hydrogens (tertiary/aromatic N) is 1. The maximum Gasteiger partial charge on any atom is 0.422 e. The number of nitrogens with one attached hydrogen (secondary N) is 2. The maximum absolute atomic E-state index is 12.1. The van der Waals surface area contributed by atoms with E-state index in [1.165, 1.54) is 19.2 Å². The largest absolute Gasteiger partial charge is 0.484 e. The molecule has 0 saturated heterocycles. The molecule has 0 heterocycles. The number of hydrogen-bond donors (Lipinski definition) is 2. The van der Waals surface area contributed by atoms with Crippen LogP contribution in [0.2, 0.25) is 0 Å². The van der Waals surface area contributed by atoms with Gasteiger partial charge in [0.1, 0.15) is 5.75 Å². The topological polar surface area (TPSA) is 45.7 Å². The van der Waals surface area contributed by atoms with Crippen LogP contribution in [0.5, 0.6) is 5.75 Å². The molecule has 4 nitrogen and oxygen atoms in total. The summed E-state index contributed by atoms with van der Waals surface area (Å²) in [5.41, 5.74) is 0.702. The van der Waals surface area contributed by atoms with E-state index in [1.807, 2.05) is 0 Å². The highest BCUT2D eigenvalue weighted by molar-refractivity contribution is 14.0. The van der Waals surface area contributed by atoms with E-state index in [2.05, 4.69) is 20.4 Å². The second-order valence-corrected chi connectivity index (χ2v) is 4.77. The number of guanidine groups is 1. The summed E-state index contributed by atoms with van der Waals surface area (Å²) < 4.78 is 76.8. The minimum atomic E-state index is -4.41. The van der Waals surface area contributed by atoms with Crippen LogP contribution in [-0.2, 0) is 6.54 Å². The third kappa shape index (κ3) is 11.7. The summed E-state index contributed by atoms with van der Waals surface area (Å²) in [7, 11) is 1.41. The standard InChI is InChI=1S/C14H17F6N3O.HI/c1-21-12(22-7-6-13(15,16)17)23-8-10-2-4-11(5-3-10)24-9-14(18,19)20;/h2-5H,6-9H2,1H3,(H2,21,22,23);1H. The Hall–Kier alpha value is -1.40. The quantitative estimate of drug-likeness (QED) is 0.279. The summed E-state index contributed by atoms with van der Waals surface area (Å²) in [4.78, 5) is 3.77. The monoisotopic (exact) mass is 485 g/mol. The lowest BCUT2D eigenvalue weighted by Gasteiger charge is -2.13. The highest BCUT2D eigenvalue weighted by Crippen LogP contribution is 2.19. The zero-order valence-electron chi connectivity index (χ0n) is 13.2. The van der Waals surface area contributed by atoms with Crippen molar-refractivity contribution < 1.29 is 31.1 Å². The first-order chi connectivity index (χ1) is 11.1. The fourth-order valence-electron chi connectivity index (χ4n) is 1.60. The predicted molar refractivity (Wildman–Crippen MR) is 92.3 cm³/mol. The molecule has 0 aliphatic heterocycles. The molecule has 0 spiro atoms. The minimum Gasteiger partial charge on any atom is -0.484 e. The molecule has 0 unspecified atom stereocenters. The van der Waals surface area contributed by atoms with Crippen LogP contribution >= 0.6 is 24.0 Å². The van der Waals surface area contributed by atoms with Crippen molar-refractivity contribution in [1.82, 2.24) is 10.6 Å². The van der Waals surface area contributed by atoms with E-state index in [0.717, 1.165) is 0 Å². The number of alkyl halides is 6. The van der Waals surface area contributed by atoms with Gasteiger partial charge in [0.25, 0.3) is 0 Å². The molecule has 0 aliphatic carbocycles. The van der Waals surface area contributed by atoms with Crippen molar-refractivity contribution in [3.63, 3.8) is 0 Å². The molecule has 2 N–H and O–H groups in total. The molecule has 1 rings (SSSR count). The molecule has 25 heavy (non-hydrogen) atoms. The average molecular weight is 485 g/mol. The van der Waals surface area contributed by atoms with E-state index in [-0.39, 0.29) is 48.8 Å². The zero-order valence-corrected chi connectivity index (χ0v) is 15.5. The van der Waals surface area contributed by atoms with E-state index in [9.17, 15) is 26.3 Å². The van der Waals surface area contributed by atoms with E-state index in [0.29, 0.717) is 5.56 Å². The third-order valence-electron chi connectivity index (χ3n) is 2.71. The molecule has 144 valence electrons. The van der Waals surface area contributed by atoms with Crippen molar-refractivity contribution in [3.05, 3.63) is 29.8 Å². The first kappa shape index (κ1) is 23.6. The lowest BCUT2D eigenvalue weighted by Crippen LogP contribution is -2.38. The van der Waals surface area contributed by atoms with Crippen LogP contribution in [0, 0.1) is 0 Å². The Kier molecular flexibility index (Phi) is 9.97. The van der Waals surface area contributed by atoms with Crippen LogP contribution in [0.1, 0.15) is 12.0 Å². The van der Waals surface area contributed by atoms with Gasteiger partial charge in [0.05, 0.1) is 6.42 Å². The summed E-state index contributed by atoms with van der Waals surface area (Å²) in [5, 5.41) is 5.31. The van der Waals surface area contributed by atoms with Crippen LogP contribution in [0.15, 0.2) is 29.3 Å². The van der Waals surface area contributed by atoms with Gasteiger partial charge in [-0.1, -0.05) is 12.1 Å². The van der Waals surface area contributed by atoms with Gasteiger partial charge in [-0.25, -0.2) is 0 Å². The number of benzene rings is 1. The van der Waals surface area contributed by atoms with E-state index in [4.69, 9.17) is 0 Å². The molecule has 0 saturated carbocycles. The summed E-state index contributed by atoms with van der Waals surface area (Å²) in [6.45, 7) is -1.45. The normalized spacial score (nSPS) is 12.4.